The summed E-state index contributed by atoms with van der Waals surface area (Å²) in [6.07, 6.45) is 13.9. The summed E-state index contributed by atoms with van der Waals surface area (Å²) in [4.78, 5) is 57.2. The molecular formula is C26H34O9. The van der Waals surface area contributed by atoms with Gasteiger partial charge in [0.15, 0.2) is 11.4 Å². The quantitative estimate of drug-likeness (QED) is 0.120. The molecule has 0 bridgehead atoms. The number of allylic oxidation sites excluding steroid dienone is 4. The van der Waals surface area contributed by atoms with Crippen molar-refractivity contribution in [2.24, 2.45) is 0 Å². The van der Waals surface area contributed by atoms with E-state index < -0.39 is 29.6 Å². The zero-order valence-corrected chi connectivity index (χ0v) is 20.5. The fourth-order valence-electron chi connectivity index (χ4n) is 3.47. The molecule has 0 saturated carbocycles. The van der Waals surface area contributed by atoms with Crippen LogP contribution in [0.3, 0.4) is 0 Å². The molecule has 1 rings (SSSR count). The van der Waals surface area contributed by atoms with Gasteiger partial charge in [0, 0.05) is 39.2 Å². The molecule has 35 heavy (non-hydrogen) atoms. The Kier molecular flexibility index (Phi) is 13.0. The number of rotatable bonds is 15. The number of hydrogen-bond acceptors (Lipinski definition) is 8. The smallest absolute Gasteiger partial charge is 0.303 e. The molecule has 192 valence electrons. The van der Waals surface area contributed by atoms with Gasteiger partial charge >= 0.3 is 23.9 Å². The number of esters is 3. The van der Waals surface area contributed by atoms with E-state index >= 15 is 0 Å². The van der Waals surface area contributed by atoms with E-state index in [0.29, 0.717) is 6.61 Å². The molecule has 0 aromatic heterocycles. The zero-order valence-electron chi connectivity index (χ0n) is 20.5. The van der Waals surface area contributed by atoms with Gasteiger partial charge in [-0.25, -0.2) is 0 Å². The van der Waals surface area contributed by atoms with Crippen LogP contribution < -0.4 is 0 Å². The largest absolute Gasteiger partial charge is 0.481 e. The third-order valence-electron chi connectivity index (χ3n) is 5.01. The summed E-state index contributed by atoms with van der Waals surface area (Å²) in [6, 6.07) is 0. The molecule has 0 spiro atoms. The average molecular weight is 491 g/mol. The molecule has 1 aliphatic rings. The van der Waals surface area contributed by atoms with Crippen molar-refractivity contribution in [1.29, 1.82) is 0 Å². The summed E-state index contributed by atoms with van der Waals surface area (Å²) < 4.78 is 15.6. The van der Waals surface area contributed by atoms with Gasteiger partial charge in [-0.3, -0.25) is 24.0 Å². The second-order valence-electron chi connectivity index (χ2n) is 8.09. The number of carbonyl (C=O) groups excluding carboxylic acids is 4. The van der Waals surface area contributed by atoms with Crippen LogP contribution in [0, 0.1) is 0 Å². The second kappa shape index (κ2) is 15.4. The van der Waals surface area contributed by atoms with Crippen molar-refractivity contribution in [2.75, 3.05) is 6.61 Å². The Morgan fingerprint density at radius 2 is 1.77 bits per heavy atom. The maximum absolute atomic E-state index is 12.5. The Morgan fingerprint density at radius 1 is 1.03 bits per heavy atom. The van der Waals surface area contributed by atoms with E-state index in [1.54, 1.807) is 6.08 Å². The Labute approximate surface area is 205 Å². The highest BCUT2D eigenvalue weighted by atomic mass is 16.6. The van der Waals surface area contributed by atoms with Crippen molar-refractivity contribution in [3.63, 3.8) is 0 Å². The lowest BCUT2D eigenvalue weighted by molar-refractivity contribution is -0.149. The summed E-state index contributed by atoms with van der Waals surface area (Å²) in [5.74, 6) is -2.72. The van der Waals surface area contributed by atoms with Crippen LogP contribution in [0.15, 0.2) is 48.1 Å². The van der Waals surface area contributed by atoms with Gasteiger partial charge in [-0.15, -0.1) is 0 Å². The van der Waals surface area contributed by atoms with E-state index in [-0.39, 0.29) is 36.6 Å². The lowest BCUT2D eigenvalue weighted by atomic mass is 9.91. The van der Waals surface area contributed by atoms with Crippen molar-refractivity contribution >= 4 is 29.7 Å². The molecule has 1 aliphatic carbocycles. The minimum absolute atomic E-state index is 0.0828. The van der Waals surface area contributed by atoms with Crippen molar-refractivity contribution in [1.82, 2.24) is 0 Å². The van der Waals surface area contributed by atoms with Crippen LogP contribution in [0.25, 0.3) is 0 Å². The Balaban J connectivity index is 2.86. The van der Waals surface area contributed by atoms with Gasteiger partial charge in [0.05, 0.1) is 6.61 Å². The van der Waals surface area contributed by atoms with Gasteiger partial charge in [-0.2, -0.15) is 0 Å². The second-order valence-corrected chi connectivity index (χ2v) is 8.09. The van der Waals surface area contributed by atoms with Gasteiger partial charge in [-0.05, 0) is 50.3 Å². The summed E-state index contributed by atoms with van der Waals surface area (Å²) in [5.41, 5.74) is -1.01. The predicted molar refractivity (Wildman–Crippen MR) is 127 cm³/mol. The van der Waals surface area contributed by atoms with E-state index in [2.05, 4.69) is 0 Å². The molecule has 0 fully saturated rings. The zero-order chi connectivity index (χ0) is 26.3. The number of carboxylic acid groups (broad SMARTS) is 1. The van der Waals surface area contributed by atoms with E-state index in [4.69, 9.17) is 19.3 Å². The number of unbranched alkanes of at least 4 members (excludes halogenated alkanes) is 3. The predicted octanol–water partition coefficient (Wildman–Crippen LogP) is 3.78. The Hall–Kier alpha value is -3.49. The standard InChI is InChI=1S/C26H34O9/c1-19(27)33-18-9-7-5-4-6-8-16-26(35-21(3)29)17-15-24(30)23(26)12-10-11-22(34-20(2)28)13-14-25(31)32/h6,8,10-12,15,17,22H,4-5,7,9,13-14,16,18H2,1-3H3,(H,31,32)/b8-6-,11-10-,23-12?/t22-,26-/m0/s1. The first-order chi connectivity index (χ1) is 16.6. The molecule has 0 radical (unpaired) electrons. The Bertz CT molecular complexity index is 894. The minimum atomic E-state index is -1.25. The molecular weight excluding hydrogens is 456 g/mol. The first kappa shape index (κ1) is 29.5. The normalized spacial score (nSPS) is 19.4. The van der Waals surface area contributed by atoms with Crippen LogP contribution in [0.4, 0.5) is 0 Å². The van der Waals surface area contributed by atoms with E-state index in [1.165, 1.54) is 45.1 Å². The van der Waals surface area contributed by atoms with E-state index in [0.717, 1.165) is 25.7 Å². The van der Waals surface area contributed by atoms with Crippen LogP contribution in [-0.4, -0.2) is 53.1 Å². The fraction of sp³-hybridized carbons (Fsp3) is 0.500. The van der Waals surface area contributed by atoms with Gasteiger partial charge in [-0.1, -0.05) is 24.3 Å². The maximum atomic E-state index is 12.5. The molecule has 0 aliphatic heterocycles. The lowest BCUT2D eigenvalue weighted by Crippen LogP contribution is -2.33. The fourth-order valence-corrected chi connectivity index (χ4v) is 3.47. The SMILES string of the molecule is CC(=O)OCCCCC/C=C\C[C@]1(OC(C)=O)C=CC(=O)C1=C/C=C\[C@@H](CCC(=O)O)OC(C)=O. The summed E-state index contributed by atoms with van der Waals surface area (Å²) >= 11 is 0. The molecule has 0 amide bonds. The van der Waals surface area contributed by atoms with Crippen LogP contribution >= 0.6 is 0 Å². The van der Waals surface area contributed by atoms with Gasteiger partial charge in [0.25, 0.3) is 0 Å². The van der Waals surface area contributed by atoms with E-state index in [9.17, 15) is 24.0 Å². The van der Waals surface area contributed by atoms with Gasteiger partial charge in [0.1, 0.15) is 6.10 Å². The summed E-state index contributed by atoms with van der Waals surface area (Å²) in [6.45, 7) is 4.27. The number of ketones is 1. The summed E-state index contributed by atoms with van der Waals surface area (Å²) in [7, 11) is 0. The molecule has 0 unspecified atom stereocenters. The van der Waals surface area contributed by atoms with Gasteiger partial charge in [0.2, 0.25) is 0 Å². The Morgan fingerprint density at radius 3 is 2.40 bits per heavy atom. The third kappa shape index (κ3) is 12.0. The van der Waals surface area contributed by atoms with Crippen molar-refractivity contribution in [3.05, 3.63) is 48.1 Å². The van der Waals surface area contributed by atoms with Crippen LogP contribution in [-0.2, 0) is 38.2 Å². The van der Waals surface area contributed by atoms with Crippen molar-refractivity contribution < 1.29 is 43.3 Å². The number of ether oxygens (including phenoxy) is 3. The third-order valence-corrected chi connectivity index (χ3v) is 5.01. The van der Waals surface area contributed by atoms with Gasteiger partial charge < -0.3 is 19.3 Å². The number of hydrogen-bond donors (Lipinski definition) is 1. The molecule has 0 aromatic carbocycles. The first-order valence-electron chi connectivity index (χ1n) is 11.5. The molecule has 9 heteroatoms. The first-order valence-corrected chi connectivity index (χ1v) is 11.5. The number of carboxylic acids is 1. The molecule has 0 heterocycles. The maximum Gasteiger partial charge on any atom is 0.303 e. The topological polar surface area (TPSA) is 133 Å². The number of aliphatic carboxylic acids is 1. The molecule has 9 nitrogen and oxygen atoms in total. The van der Waals surface area contributed by atoms with Crippen molar-refractivity contribution in [3.8, 4) is 0 Å². The summed E-state index contributed by atoms with van der Waals surface area (Å²) in [5, 5.41) is 8.87. The highest BCUT2D eigenvalue weighted by Gasteiger charge is 2.41. The van der Waals surface area contributed by atoms with Crippen LogP contribution in [0.5, 0.6) is 0 Å². The number of carbonyl (C=O) groups is 5. The highest BCUT2D eigenvalue weighted by molar-refractivity contribution is 6.09. The highest BCUT2D eigenvalue weighted by Crippen LogP contribution is 2.34. The van der Waals surface area contributed by atoms with Crippen LogP contribution in [0.2, 0.25) is 0 Å². The molecule has 2 atom stereocenters. The van der Waals surface area contributed by atoms with E-state index in [1.807, 2.05) is 12.2 Å². The average Bonchev–Trinajstić information content (AvgIpc) is 3.05. The van der Waals surface area contributed by atoms with Crippen molar-refractivity contribution in [2.45, 2.75) is 77.4 Å². The molecule has 0 saturated heterocycles. The van der Waals surface area contributed by atoms with Crippen LogP contribution in [0.1, 0.15) is 65.7 Å². The lowest BCUT2D eigenvalue weighted by Gasteiger charge is -2.27. The molecule has 0 aromatic rings. The molecule has 1 N–H and O–H groups in total. The minimum Gasteiger partial charge on any atom is -0.481 e. The monoisotopic (exact) mass is 490 g/mol.